The van der Waals surface area contributed by atoms with E-state index >= 15 is 0 Å². The fourth-order valence-corrected chi connectivity index (χ4v) is 4.35. The quantitative estimate of drug-likeness (QED) is 0.647. The standard InChI is InChI=1S/C22H19F2N3O2/c23-15-3-7-18-13(9-15)1-5-17-6-2-14(11-27(17)22(18)28)21-26-20(12-29-21)19-8-4-16(24)10-25-19/h3-4,7-10,12,14,17H,1-2,5-6,11H2/t14-,17+/m0/s1. The normalized spacial score (nSPS) is 21.4. The molecule has 0 bridgehead atoms. The molecule has 5 rings (SSSR count). The Balaban J connectivity index is 1.39. The summed E-state index contributed by atoms with van der Waals surface area (Å²) in [7, 11) is 0. The monoisotopic (exact) mass is 395 g/mol. The van der Waals surface area contributed by atoms with E-state index in [1.807, 2.05) is 4.90 Å². The predicted octanol–water partition coefficient (Wildman–Crippen LogP) is 4.35. The summed E-state index contributed by atoms with van der Waals surface area (Å²) in [5.74, 6) is -0.238. The lowest BCUT2D eigenvalue weighted by Gasteiger charge is -2.37. The van der Waals surface area contributed by atoms with Gasteiger partial charge in [-0.2, -0.15) is 0 Å². The van der Waals surface area contributed by atoms with Crippen molar-refractivity contribution in [2.24, 2.45) is 0 Å². The summed E-state index contributed by atoms with van der Waals surface area (Å²) in [6.45, 7) is 0.511. The minimum Gasteiger partial charge on any atom is -0.448 e. The van der Waals surface area contributed by atoms with E-state index in [0.717, 1.165) is 31.0 Å². The van der Waals surface area contributed by atoms with Crippen LogP contribution in [0, 0.1) is 11.6 Å². The average molecular weight is 395 g/mol. The van der Waals surface area contributed by atoms with Crippen LogP contribution in [0.15, 0.2) is 47.2 Å². The minimum absolute atomic E-state index is 0.0219. The Bertz CT molecular complexity index is 1060. The third-order valence-corrected chi connectivity index (χ3v) is 5.87. The van der Waals surface area contributed by atoms with E-state index in [1.165, 1.54) is 24.5 Å². The number of nitrogens with zero attached hydrogens (tertiary/aromatic N) is 3. The number of rotatable bonds is 2. The van der Waals surface area contributed by atoms with Crippen molar-refractivity contribution in [3.8, 4) is 11.4 Å². The van der Waals surface area contributed by atoms with E-state index in [-0.39, 0.29) is 23.7 Å². The van der Waals surface area contributed by atoms with E-state index in [1.54, 1.807) is 12.1 Å². The van der Waals surface area contributed by atoms with Crippen LogP contribution in [-0.2, 0) is 6.42 Å². The molecule has 1 saturated heterocycles. The summed E-state index contributed by atoms with van der Waals surface area (Å²) in [5.41, 5.74) is 2.45. The molecular formula is C22H19F2N3O2. The van der Waals surface area contributed by atoms with Crippen LogP contribution in [0.5, 0.6) is 0 Å². The molecule has 0 aliphatic carbocycles. The molecule has 0 saturated carbocycles. The second-order valence-electron chi connectivity index (χ2n) is 7.66. The number of hydrogen-bond acceptors (Lipinski definition) is 4. The first-order chi connectivity index (χ1) is 14.1. The summed E-state index contributed by atoms with van der Waals surface area (Å²) in [6, 6.07) is 7.43. The van der Waals surface area contributed by atoms with Crippen molar-refractivity contribution in [1.82, 2.24) is 14.9 Å². The zero-order valence-electron chi connectivity index (χ0n) is 15.6. The molecule has 2 atom stereocenters. The van der Waals surface area contributed by atoms with Gasteiger partial charge >= 0.3 is 0 Å². The Morgan fingerprint density at radius 1 is 1.03 bits per heavy atom. The van der Waals surface area contributed by atoms with E-state index in [2.05, 4.69) is 9.97 Å². The van der Waals surface area contributed by atoms with Crippen molar-refractivity contribution in [3.63, 3.8) is 0 Å². The highest BCUT2D eigenvalue weighted by Crippen LogP contribution is 2.35. The van der Waals surface area contributed by atoms with Crippen LogP contribution < -0.4 is 0 Å². The van der Waals surface area contributed by atoms with Crippen LogP contribution in [0.3, 0.4) is 0 Å². The molecular weight excluding hydrogens is 376 g/mol. The number of aryl methyl sites for hydroxylation is 1. The number of halogens is 2. The maximum absolute atomic E-state index is 13.6. The topological polar surface area (TPSA) is 59.2 Å². The molecule has 29 heavy (non-hydrogen) atoms. The van der Waals surface area contributed by atoms with Gasteiger partial charge in [0.1, 0.15) is 23.6 Å². The Morgan fingerprint density at radius 3 is 2.72 bits per heavy atom. The fraction of sp³-hybridized carbons (Fsp3) is 0.318. The summed E-state index contributed by atoms with van der Waals surface area (Å²) >= 11 is 0. The summed E-state index contributed by atoms with van der Waals surface area (Å²) in [5, 5.41) is 0. The van der Waals surface area contributed by atoms with Gasteiger partial charge in [-0.25, -0.2) is 13.8 Å². The van der Waals surface area contributed by atoms with E-state index < -0.39 is 5.82 Å². The van der Waals surface area contributed by atoms with Crippen molar-refractivity contribution in [2.75, 3.05) is 6.54 Å². The van der Waals surface area contributed by atoms with Gasteiger partial charge in [0.15, 0.2) is 5.89 Å². The first-order valence-corrected chi connectivity index (χ1v) is 9.75. The SMILES string of the molecule is O=C1c2ccc(F)cc2CC[C@@H]2CC[C@H](c3nc(-c4ccc(F)cn4)co3)CN12. The number of pyridine rings is 1. The van der Waals surface area contributed by atoms with E-state index in [0.29, 0.717) is 35.8 Å². The summed E-state index contributed by atoms with van der Waals surface area (Å²) in [6.07, 6.45) is 5.89. The predicted molar refractivity (Wildman–Crippen MR) is 101 cm³/mol. The average Bonchev–Trinajstić information content (AvgIpc) is 3.18. The van der Waals surface area contributed by atoms with Crippen LogP contribution in [0.25, 0.3) is 11.4 Å². The highest BCUT2D eigenvalue weighted by Gasteiger charge is 2.37. The molecule has 2 aromatic heterocycles. The number of carbonyl (C=O) groups is 1. The number of fused-ring (bicyclic) bond motifs is 2. The van der Waals surface area contributed by atoms with Gasteiger partial charge < -0.3 is 9.32 Å². The van der Waals surface area contributed by atoms with Crippen molar-refractivity contribution in [1.29, 1.82) is 0 Å². The van der Waals surface area contributed by atoms with E-state index in [9.17, 15) is 13.6 Å². The molecule has 148 valence electrons. The van der Waals surface area contributed by atoms with Gasteiger partial charge in [0.2, 0.25) is 0 Å². The number of carbonyl (C=O) groups excluding carboxylic acids is 1. The second-order valence-corrected chi connectivity index (χ2v) is 7.66. The van der Waals surface area contributed by atoms with Gasteiger partial charge in [-0.1, -0.05) is 0 Å². The first kappa shape index (κ1) is 18.0. The third-order valence-electron chi connectivity index (χ3n) is 5.87. The molecule has 0 radical (unpaired) electrons. The Kier molecular flexibility index (Phi) is 4.38. The Hall–Kier alpha value is -3.09. The van der Waals surface area contributed by atoms with Gasteiger partial charge in [0.25, 0.3) is 5.91 Å². The second kappa shape index (κ2) is 7.06. The molecule has 5 nitrogen and oxygen atoms in total. The summed E-state index contributed by atoms with van der Waals surface area (Å²) < 4.78 is 32.4. The van der Waals surface area contributed by atoms with Crippen molar-refractivity contribution >= 4 is 5.91 Å². The maximum Gasteiger partial charge on any atom is 0.254 e. The van der Waals surface area contributed by atoms with Crippen LogP contribution in [0.2, 0.25) is 0 Å². The van der Waals surface area contributed by atoms with Gasteiger partial charge in [-0.3, -0.25) is 9.78 Å². The minimum atomic E-state index is -0.407. The first-order valence-electron chi connectivity index (χ1n) is 9.75. The lowest BCUT2D eigenvalue weighted by molar-refractivity contribution is 0.0574. The molecule has 2 aliphatic rings. The molecule has 3 aromatic rings. The van der Waals surface area contributed by atoms with Crippen molar-refractivity contribution in [2.45, 2.75) is 37.6 Å². The highest BCUT2D eigenvalue weighted by molar-refractivity contribution is 5.96. The smallest absolute Gasteiger partial charge is 0.254 e. The zero-order chi connectivity index (χ0) is 20.0. The number of benzene rings is 1. The largest absolute Gasteiger partial charge is 0.448 e. The third kappa shape index (κ3) is 3.30. The maximum atomic E-state index is 13.6. The highest BCUT2D eigenvalue weighted by atomic mass is 19.1. The molecule has 0 N–H and O–H groups in total. The van der Waals surface area contributed by atoms with Gasteiger partial charge in [0, 0.05) is 18.2 Å². The van der Waals surface area contributed by atoms with Crippen LogP contribution in [-0.4, -0.2) is 33.4 Å². The Morgan fingerprint density at radius 2 is 1.90 bits per heavy atom. The van der Waals surface area contributed by atoms with Crippen molar-refractivity contribution < 1.29 is 18.0 Å². The fourth-order valence-electron chi connectivity index (χ4n) is 4.35. The van der Waals surface area contributed by atoms with Crippen molar-refractivity contribution in [3.05, 3.63) is 71.4 Å². The molecule has 0 spiro atoms. The number of amides is 1. The summed E-state index contributed by atoms with van der Waals surface area (Å²) in [4.78, 5) is 23.6. The molecule has 0 unspecified atom stereocenters. The van der Waals surface area contributed by atoms with E-state index in [4.69, 9.17) is 4.42 Å². The molecule has 1 aromatic carbocycles. The van der Waals surface area contributed by atoms with Crippen LogP contribution in [0.1, 0.15) is 47.0 Å². The van der Waals surface area contributed by atoms with Crippen LogP contribution in [0.4, 0.5) is 8.78 Å². The number of hydrogen-bond donors (Lipinski definition) is 0. The number of piperidine rings is 1. The number of aromatic nitrogens is 2. The molecule has 1 amide bonds. The van der Waals surface area contributed by atoms with Crippen LogP contribution >= 0.6 is 0 Å². The van der Waals surface area contributed by atoms with Gasteiger partial charge in [-0.15, -0.1) is 0 Å². The zero-order valence-corrected chi connectivity index (χ0v) is 15.6. The lowest BCUT2D eigenvalue weighted by Crippen LogP contribution is -2.45. The molecule has 7 heteroatoms. The van der Waals surface area contributed by atoms with Gasteiger partial charge in [-0.05, 0) is 61.6 Å². The Labute approximate surface area is 166 Å². The molecule has 4 heterocycles. The molecule has 1 fully saturated rings. The number of oxazole rings is 1. The molecule has 2 aliphatic heterocycles. The van der Waals surface area contributed by atoms with Gasteiger partial charge in [0.05, 0.1) is 17.8 Å². The lowest BCUT2D eigenvalue weighted by atomic mass is 9.90.